The third-order valence-corrected chi connectivity index (χ3v) is 7.72. The van der Waals surface area contributed by atoms with Gasteiger partial charge in [-0.05, 0) is 32.1 Å². The van der Waals surface area contributed by atoms with E-state index >= 15 is 0 Å². The second-order valence-corrected chi connectivity index (χ2v) is 9.73. The van der Waals surface area contributed by atoms with E-state index in [0.717, 1.165) is 12.8 Å². The lowest BCUT2D eigenvalue weighted by molar-refractivity contribution is -0.138. The van der Waals surface area contributed by atoms with E-state index in [9.17, 15) is 18.0 Å². The summed E-state index contributed by atoms with van der Waals surface area (Å²) in [6.07, 6.45) is 4.95. The van der Waals surface area contributed by atoms with Crippen molar-refractivity contribution in [1.29, 1.82) is 0 Å². The van der Waals surface area contributed by atoms with E-state index in [1.54, 1.807) is 10.9 Å². The molecular formula is C18H29N5O5S. The summed E-state index contributed by atoms with van der Waals surface area (Å²) in [5.41, 5.74) is 0.150. The van der Waals surface area contributed by atoms with Crippen molar-refractivity contribution in [1.82, 2.24) is 24.2 Å². The zero-order valence-corrected chi connectivity index (χ0v) is 17.8. The molecule has 1 aromatic rings. The van der Waals surface area contributed by atoms with Gasteiger partial charge in [-0.15, -0.1) is 5.10 Å². The predicted octanol–water partition coefficient (Wildman–Crippen LogP) is 0.680. The molecule has 0 aliphatic carbocycles. The van der Waals surface area contributed by atoms with Crippen LogP contribution in [-0.2, 0) is 19.6 Å². The number of methoxy groups -OCH3 is 1. The molecule has 1 aromatic heterocycles. The first-order valence-corrected chi connectivity index (χ1v) is 11.7. The fourth-order valence-electron chi connectivity index (χ4n) is 4.05. The maximum absolute atomic E-state index is 13.0. The standard InChI is InChI=1S/C18H29N5O5S/c1-3-11-29(26,27)22-9-6-14(7-10-22)17(24)21-8-4-5-15(12-21)23-13-16(19-20-23)18(25)28-2/h13-15H,3-12H2,1-2H3. The van der Waals surface area contributed by atoms with Crippen molar-refractivity contribution in [2.75, 3.05) is 39.0 Å². The highest BCUT2D eigenvalue weighted by molar-refractivity contribution is 7.89. The van der Waals surface area contributed by atoms with Crippen molar-refractivity contribution in [3.63, 3.8) is 0 Å². The number of carbonyl (C=O) groups is 2. The highest BCUT2D eigenvalue weighted by Crippen LogP contribution is 2.26. The number of sulfonamides is 1. The molecule has 1 amide bonds. The molecule has 0 aromatic carbocycles. The van der Waals surface area contributed by atoms with Crippen LogP contribution in [0, 0.1) is 5.92 Å². The summed E-state index contributed by atoms with van der Waals surface area (Å²) in [6.45, 7) is 3.85. The maximum atomic E-state index is 13.0. The minimum atomic E-state index is -3.21. The summed E-state index contributed by atoms with van der Waals surface area (Å²) >= 11 is 0. The molecule has 0 N–H and O–H groups in total. The maximum Gasteiger partial charge on any atom is 0.360 e. The summed E-state index contributed by atoms with van der Waals surface area (Å²) < 4.78 is 32.2. The molecule has 2 aliphatic rings. The minimum absolute atomic E-state index is 0.0383. The number of aromatic nitrogens is 3. The van der Waals surface area contributed by atoms with E-state index in [2.05, 4.69) is 15.0 Å². The Labute approximate surface area is 171 Å². The van der Waals surface area contributed by atoms with E-state index in [1.165, 1.54) is 11.4 Å². The van der Waals surface area contributed by atoms with Crippen molar-refractivity contribution in [3.05, 3.63) is 11.9 Å². The molecule has 2 fully saturated rings. The van der Waals surface area contributed by atoms with Crippen molar-refractivity contribution < 1.29 is 22.7 Å². The summed E-state index contributed by atoms with van der Waals surface area (Å²) in [4.78, 5) is 26.4. The molecule has 2 saturated heterocycles. The van der Waals surface area contributed by atoms with Gasteiger partial charge in [-0.1, -0.05) is 12.1 Å². The van der Waals surface area contributed by atoms with Crippen LogP contribution < -0.4 is 0 Å². The summed E-state index contributed by atoms with van der Waals surface area (Å²) in [7, 11) is -1.91. The van der Waals surface area contributed by atoms with Crippen molar-refractivity contribution in [3.8, 4) is 0 Å². The van der Waals surface area contributed by atoms with Gasteiger partial charge >= 0.3 is 5.97 Å². The molecule has 2 aliphatic heterocycles. The molecule has 0 bridgehead atoms. The summed E-state index contributed by atoms with van der Waals surface area (Å²) in [5.74, 6) is -0.450. The molecule has 3 heterocycles. The lowest BCUT2D eigenvalue weighted by Gasteiger charge is -2.37. The van der Waals surface area contributed by atoms with Crippen LogP contribution in [0.4, 0.5) is 0 Å². The SMILES string of the molecule is CCCS(=O)(=O)N1CCC(C(=O)N2CCCC(n3cc(C(=O)OC)nn3)C2)CC1. The Morgan fingerprint density at radius 1 is 1.21 bits per heavy atom. The van der Waals surface area contributed by atoms with Crippen molar-refractivity contribution >= 4 is 21.9 Å². The molecule has 10 nitrogen and oxygen atoms in total. The average Bonchev–Trinajstić information content (AvgIpc) is 3.23. The van der Waals surface area contributed by atoms with Gasteiger partial charge in [0.1, 0.15) is 0 Å². The molecule has 11 heteroatoms. The van der Waals surface area contributed by atoms with Crippen molar-refractivity contribution in [2.24, 2.45) is 5.92 Å². The third-order valence-electron chi connectivity index (χ3n) is 5.65. The van der Waals surface area contributed by atoms with Crippen LogP contribution in [0.5, 0.6) is 0 Å². The van der Waals surface area contributed by atoms with Crippen LogP contribution in [0.2, 0.25) is 0 Å². The quantitative estimate of drug-likeness (QED) is 0.613. The number of amides is 1. The first kappa shape index (κ1) is 21.7. The highest BCUT2D eigenvalue weighted by Gasteiger charge is 2.34. The van der Waals surface area contributed by atoms with Gasteiger partial charge in [-0.3, -0.25) is 4.79 Å². The molecule has 162 valence electrons. The Kier molecular flexibility index (Phi) is 6.89. The topological polar surface area (TPSA) is 115 Å². The Bertz CT molecular complexity index is 831. The first-order chi connectivity index (χ1) is 13.9. The zero-order chi connectivity index (χ0) is 21.0. The number of nitrogens with zero attached hydrogens (tertiary/aromatic N) is 5. The van der Waals surface area contributed by atoms with Gasteiger partial charge in [-0.2, -0.15) is 0 Å². The van der Waals surface area contributed by atoms with E-state index in [4.69, 9.17) is 0 Å². The Morgan fingerprint density at radius 2 is 1.93 bits per heavy atom. The van der Waals surface area contributed by atoms with Crippen LogP contribution in [0.15, 0.2) is 6.20 Å². The largest absolute Gasteiger partial charge is 0.464 e. The molecule has 0 saturated carbocycles. The summed E-state index contributed by atoms with van der Waals surface area (Å²) in [6, 6.07) is -0.0383. The third kappa shape index (κ3) is 4.95. The van der Waals surface area contributed by atoms with Gasteiger partial charge in [-0.25, -0.2) is 22.2 Å². The Balaban J connectivity index is 1.58. The van der Waals surface area contributed by atoms with Crippen LogP contribution >= 0.6 is 0 Å². The van der Waals surface area contributed by atoms with Crippen LogP contribution in [0.1, 0.15) is 55.6 Å². The molecule has 1 unspecified atom stereocenters. The molecule has 0 spiro atoms. The van der Waals surface area contributed by atoms with E-state index in [-0.39, 0.29) is 29.3 Å². The molecule has 3 rings (SSSR count). The average molecular weight is 428 g/mol. The number of likely N-dealkylation sites (tertiary alicyclic amines) is 1. The smallest absolute Gasteiger partial charge is 0.360 e. The Hall–Kier alpha value is -2.01. The van der Waals surface area contributed by atoms with Gasteiger partial charge in [0.25, 0.3) is 0 Å². The van der Waals surface area contributed by atoms with Crippen LogP contribution in [0.3, 0.4) is 0 Å². The number of hydrogen-bond donors (Lipinski definition) is 0. The monoisotopic (exact) mass is 427 g/mol. The van der Waals surface area contributed by atoms with Gasteiger partial charge in [0.2, 0.25) is 15.9 Å². The van der Waals surface area contributed by atoms with Gasteiger partial charge < -0.3 is 9.64 Å². The predicted molar refractivity (Wildman–Crippen MR) is 105 cm³/mol. The second kappa shape index (κ2) is 9.21. The van der Waals surface area contributed by atoms with Gasteiger partial charge in [0.15, 0.2) is 5.69 Å². The number of esters is 1. The first-order valence-electron chi connectivity index (χ1n) is 10.1. The molecular weight excluding hydrogens is 398 g/mol. The normalized spacial score (nSPS) is 21.9. The van der Waals surface area contributed by atoms with Gasteiger partial charge in [0, 0.05) is 32.1 Å². The van der Waals surface area contributed by atoms with E-state index in [0.29, 0.717) is 45.4 Å². The number of piperidine rings is 2. The van der Waals surface area contributed by atoms with Crippen LogP contribution in [0.25, 0.3) is 0 Å². The van der Waals surface area contributed by atoms with E-state index < -0.39 is 16.0 Å². The number of ether oxygens (including phenoxy) is 1. The fraction of sp³-hybridized carbons (Fsp3) is 0.778. The lowest BCUT2D eigenvalue weighted by Crippen LogP contribution is -2.47. The minimum Gasteiger partial charge on any atom is -0.464 e. The number of rotatable bonds is 6. The zero-order valence-electron chi connectivity index (χ0n) is 17.0. The lowest BCUT2D eigenvalue weighted by atomic mass is 9.95. The number of carbonyl (C=O) groups excluding carboxylic acids is 2. The highest BCUT2D eigenvalue weighted by atomic mass is 32.2. The second-order valence-electron chi connectivity index (χ2n) is 7.65. The van der Waals surface area contributed by atoms with Crippen LogP contribution in [-0.4, -0.2) is 83.5 Å². The summed E-state index contributed by atoms with van der Waals surface area (Å²) in [5, 5.41) is 7.86. The number of hydrogen-bond acceptors (Lipinski definition) is 7. The molecule has 29 heavy (non-hydrogen) atoms. The Morgan fingerprint density at radius 3 is 2.59 bits per heavy atom. The van der Waals surface area contributed by atoms with Crippen molar-refractivity contribution in [2.45, 2.75) is 45.1 Å². The van der Waals surface area contributed by atoms with Gasteiger partial charge in [0.05, 0.1) is 25.1 Å². The van der Waals surface area contributed by atoms with E-state index in [1.807, 2.05) is 11.8 Å². The fourth-order valence-corrected chi connectivity index (χ4v) is 5.59. The molecule has 1 atom stereocenters. The molecule has 0 radical (unpaired) electrons.